The minimum atomic E-state index is -0.186. The molecule has 3 heterocycles. The third kappa shape index (κ3) is 2.17. The summed E-state index contributed by atoms with van der Waals surface area (Å²) in [6, 6.07) is 0. The summed E-state index contributed by atoms with van der Waals surface area (Å²) >= 11 is 0. The van der Waals surface area contributed by atoms with Gasteiger partial charge in [0.05, 0.1) is 30.3 Å². The number of ether oxygens (including phenoxy) is 2. The number of rotatable bonds is 2. The van der Waals surface area contributed by atoms with Gasteiger partial charge in [-0.25, -0.2) is 0 Å². The fraction of sp³-hybridized carbons (Fsp3) is 0.947. The molecule has 5 rings (SSSR count). The van der Waals surface area contributed by atoms with Crippen molar-refractivity contribution >= 4 is 5.78 Å². The van der Waals surface area contributed by atoms with E-state index in [0.29, 0.717) is 11.7 Å². The highest BCUT2D eigenvalue weighted by atomic mass is 16.5. The van der Waals surface area contributed by atoms with Crippen molar-refractivity contribution in [3.63, 3.8) is 0 Å². The normalized spacial score (nSPS) is 49.9. The average Bonchev–Trinajstić information content (AvgIpc) is 3.20. The van der Waals surface area contributed by atoms with Crippen molar-refractivity contribution in [2.45, 2.75) is 62.6 Å². The van der Waals surface area contributed by atoms with Crippen LogP contribution in [0.1, 0.15) is 51.4 Å². The largest absolute Gasteiger partial charge is 0.379 e. The van der Waals surface area contributed by atoms with Gasteiger partial charge >= 0.3 is 0 Å². The maximum atomic E-state index is 12.8. The van der Waals surface area contributed by atoms with Gasteiger partial charge in [0, 0.05) is 26.1 Å². The van der Waals surface area contributed by atoms with E-state index in [0.717, 1.165) is 58.0 Å². The zero-order valence-corrected chi connectivity index (χ0v) is 14.1. The van der Waals surface area contributed by atoms with Gasteiger partial charge in [0.1, 0.15) is 5.78 Å². The highest BCUT2D eigenvalue weighted by Crippen LogP contribution is 2.61. The van der Waals surface area contributed by atoms with Crippen LogP contribution in [0.25, 0.3) is 0 Å². The first-order chi connectivity index (χ1) is 11.2. The van der Waals surface area contributed by atoms with Gasteiger partial charge in [-0.15, -0.1) is 0 Å². The second kappa shape index (κ2) is 5.27. The van der Waals surface area contributed by atoms with E-state index >= 15 is 0 Å². The molecule has 5 aliphatic rings. The number of hydrogen-bond donors (Lipinski definition) is 0. The van der Waals surface area contributed by atoms with Crippen molar-refractivity contribution in [3.05, 3.63) is 0 Å². The fourth-order valence-electron chi connectivity index (χ4n) is 6.66. The summed E-state index contributed by atoms with van der Waals surface area (Å²) in [5.41, 5.74) is -0.0639. The Kier molecular flexibility index (Phi) is 3.40. The molecule has 2 aliphatic carbocycles. The van der Waals surface area contributed by atoms with Crippen molar-refractivity contribution < 1.29 is 14.3 Å². The molecule has 0 radical (unpaired) electrons. The van der Waals surface area contributed by atoms with E-state index in [4.69, 9.17) is 9.47 Å². The molecule has 0 N–H and O–H groups in total. The van der Waals surface area contributed by atoms with E-state index in [1.54, 1.807) is 0 Å². The smallest absolute Gasteiger partial charge is 0.139 e. The van der Waals surface area contributed by atoms with Gasteiger partial charge in [-0.2, -0.15) is 0 Å². The van der Waals surface area contributed by atoms with Gasteiger partial charge in [-0.1, -0.05) is 6.42 Å². The highest BCUT2D eigenvalue weighted by Gasteiger charge is 2.64. The minimum absolute atomic E-state index is 0.122. The summed E-state index contributed by atoms with van der Waals surface area (Å²) in [4.78, 5) is 15.3. The Morgan fingerprint density at radius 1 is 1.13 bits per heavy atom. The van der Waals surface area contributed by atoms with Crippen LogP contribution in [0.3, 0.4) is 0 Å². The molecule has 128 valence electrons. The topological polar surface area (TPSA) is 38.8 Å². The first kappa shape index (κ1) is 14.9. The highest BCUT2D eigenvalue weighted by molar-refractivity contribution is 5.85. The first-order valence-corrected chi connectivity index (χ1v) is 9.74. The lowest BCUT2D eigenvalue weighted by Gasteiger charge is -2.41. The monoisotopic (exact) mass is 319 g/mol. The molecular weight excluding hydrogens is 290 g/mol. The van der Waals surface area contributed by atoms with Gasteiger partial charge < -0.3 is 9.47 Å². The molecule has 5 unspecified atom stereocenters. The summed E-state index contributed by atoms with van der Waals surface area (Å²) in [6.45, 7) is 4.59. The number of nitrogens with zero attached hydrogens (tertiary/aromatic N) is 1. The predicted molar refractivity (Wildman–Crippen MR) is 86.2 cm³/mol. The lowest BCUT2D eigenvalue weighted by atomic mass is 9.70. The van der Waals surface area contributed by atoms with Crippen molar-refractivity contribution in [3.8, 4) is 0 Å². The number of carbonyl (C=O) groups is 1. The van der Waals surface area contributed by atoms with E-state index in [1.807, 2.05) is 0 Å². The zero-order chi connectivity index (χ0) is 15.5. The van der Waals surface area contributed by atoms with Crippen LogP contribution in [0.4, 0.5) is 0 Å². The lowest BCUT2D eigenvalue weighted by molar-refractivity contribution is -0.158. The quantitative estimate of drug-likeness (QED) is 0.783. The maximum absolute atomic E-state index is 12.8. The third-order valence-corrected chi connectivity index (χ3v) is 7.60. The summed E-state index contributed by atoms with van der Waals surface area (Å²) < 4.78 is 12.5. The van der Waals surface area contributed by atoms with Crippen molar-refractivity contribution in [2.24, 2.45) is 17.8 Å². The van der Waals surface area contributed by atoms with Gasteiger partial charge in [0.2, 0.25) is 0 Å². The number of fused-ring (bicyclic) bond motifs is 3. The van der Waals surface area contributed by atoms with Crippen molar-refractivity contribution in [2.75, 3.05) is 32.8 Å². The zero-order valence-electron chi connectivity index (χ0n) is 14.1. The Hall–Kier alpha value is -0.450. The van der Waals surface area contributed by atoms with Crippen LogP contribution in [0.2, 0.25) is 0 Å². The SMILES string of the molecule is O=C1CCC2CC3CCCC34CCC(CN3CCOCC3)(O4)C12. The second-order valence-electron chi connectivity index (χ2n) is 8.69. The Morgan fingerprint density at radius 3 is 2.87 bits per heavy atom. The Morgan fingerprint density at radius 2 is 2.00 bits per heavy atom. The van der Waals surface area contributed by atoms with Gasteiger partial charge in [0.25, 0.3) is 0 Å². The molecule has 4 nitrogen and oxygen atoms in total. The average molecular weight is 319 g/mol. The minimum Gasteiger partial charge on any atom is -0.379 e. The van der Waals surface area contributed by atoms with Crippen molar-refractivity contribution in [1.29, 1.82) is 0 Å². The van der Waals surface area contributed by atoms with Crippen LogP contribution < -0.4 is 0 Å². The molecular formula is C19H29NO3. The van der Waals surface area contributed by atoms with E-state index in [2.05, 4.69) is 4.90 Å². The molecule has 0 aromatic rings. The lowest BCUT2D eigenvalue weighted by Crippen LogP contribution is -2.54. The molecule has 4 heteroatoms. The predicted octanol–water partition coefficient (Wildman–Crippen LogP) is 2.41. The number of morpholine rings is 1. The number of carbonyl (C=O) groups excluding carboxylic acids is 1. The number of ketones is 1. The molecule has 5 atom stereocenters. The molecule has 23 heavy (non-hydrogen) atoms. The standard InChI is InChI=1S/C19H29NO3/c21-16-4-3-14-12-15-2-1-5-18(15)6-7-19(23-18,17(14)16)13-20-8-10-22-11-9-20/h14-15,17H,1-13H2. The van der Waals surface area contributed by atoms with E-state index in [9.17, 15) is 4.79 Å². The van der Waals surface area contributed by atoms with Crippen molar-refractivity contribution in [1.82, 2.24) is 4.90 Å². The van der Waals surface area contributed by atoms with E-state index in [-0.39, 0.29) is 17.1 Å². The molecule has 2 saturated carbocycles. The van der Waals surface area contributed by atoms with Crippen LogP contribution in [-0.2, 0) is 14.3 Å². The second-order valence-corrected chi connectivity index (χ2v) is 8.69. The summed E-state index contributed by atoms with van der Waals surface area (Å²) in [5.74, 6) is 1.99. The summed E-state index contributed by atoms with van der Waals surface area (Å²) in [5, 5.41) is 0. The third-order valence-electron chi connectivity index (χ3n) is 7.60. The van der Waals surface area contributed by atoms with Crippen LogP contribution in [0, 0.1) is 17.8 Å². The molecule has 3 aliphatic heterocycles. The molecule has 0 aromatic heterocycles. The van der Waals surface area contributed by atoms with Crippen LogP contribution in [0.5, 0.6) is 0 Å². The van der Waals surface area contributed by atoms with Gasteiger partial charge in [-0.3, -0.25) is 9.69 Å². The molecule has 1 spiro atoms. The number of hydrogen-bond acceptors (Lipinski definition) is 4. The maximum Gasteiger partial charge on any atom is 0.139 e. The van der Waals surface area contributed by atoms with Crippen LogP contribution in [-0.4, -0.2) is 54.7 Å². The van der Waals surface area contributed by atoms with Gasteiger partial charge in [0.15, 0.2) is 0 Å². The Bertz CT molecular complexity index is 503. The van der Waals surface area contributed by atoms with Gasteiger partial charge in [-0.05, 0) is 50.4 Å². The van der Waals surface area contributed by atoms with Crippen LogP contribution in [0.15, 0.2) is 0 Å². The Balaban J connectivity index is 1.49. The summed E-state index contributed by atoms with van der Waals surface area (Å²) in [7, 11) is 0. The summed E-state index contributed by atoms with van der Waals surface area (Å²) in [6.07, 6.45) is 9.34. The molecule has 5 fully saturated rings. The molecule has 0 aromatic carbocycles. The Labute approximate surface area is 138 Å². The van der Waals surface area contributed by atoms with E-state index < -0.39 is 0 Å². The van der Waals surface area contributed by atoms with Crippen LogP contribution >= 0.6 is 0 Å². The number of Topliss-reactive ketones (excluding diaryl/α,β-unsaturated/α-hetero) is 1. The van der Waals surface area contributed by atoms with E-state index in [1.165, 1.54) is 32.1 Å². The fourth-order valence-corrected chi connectivity index (χ4v) is 6.66. The first-order valence-electron chi connectivity index (χ1n) is 9.74. The molecule has 2 bridgehead atoms. The molecule has 0 amide bonds. The molecule has 3 saturated heterocycles.